The summed E-state index contributed by atoms with van der Waals surface area (Å²) < 4.78 is 1.89. The Labute approximate surface area is 119 Å². The minimum atomic E-state index is -0.0425. The lowest BCUT2D eigenvalue weighted by molar-refractivity contribution is -0.126. The van der Waals surface area contributed by atoms with Gasteiger partial charge < -0.3 is 5.32 Å². The summed E-state index contributed by atoms with van der Waals surface area (Å²) in [7, 11) is 0. The van der Waals surface area contributed by atoms with Crippen LogP contribution in [-0.2, 0) is 17.9 Å². The molecule has 110 valence electrons. The van der Waals surface area contributed by atoms with Crippen molar-refractivity contribution in [2.75, 3.05) is 13.1 Å². The fourth-order valence-electron chi connectivity index (χ4n) is 2.78. The molecular formula is C14H23N5O. The highest BCUT2D eigenvalue weighted by Crippen LogP contribution is 2.31. The maximum atomic E-state index is 12.3. The fourth-order valence-corrected chi connectivity index (χ4v) is 2.78. The minimum absolute atomic E-state index is 0.0425. The Bertz CT molecular complexity index is 480. The number of hydrogen-bond donors (Lipinski definition) is 1. The Hall–Kier alpha value is -1.43. The summed E-state index contributed by atoms with van der Waals surface area (Å²) in [6, 6.07) is 0.179. The Kier molecular flexibility index (Phi) is 3.74. The fraction of sp³-hybridized carbons (Fsp3) is 0.786. The van der Waals surface area contributed by atoms with Gasteiger partial charge in [0.15, 0.2) is 0 Å². The van der Waals surface area contributed by atoms with Crippen LogP contribution in [-0.4, -0.2) is 44.7 Å². The molecular weight excluding hydrogens is 254 g/mol. The van der Waals surface area contributed by atoms with Crippen LogP contribution in [0, 0.1) is 11.8 Å². The quantitative estimate of drug-likeness (QED) is 0.877. The number of carbonyl (C=O) groups is 1. The number of fused-ring (bicyclic) bond motifs is 1. The molecule has 0 bridgehead atoms. The van der Waals surface area contributed by atoms with E-state index in [9.17, 15) is 4.79 Å². The highest BCUT2D eigenvalue weighted by atomic mass is 16.2. The van der Waals surface area contributed by atoms with Gasteiger partial charge in [0.25, 0.3) is 0 Å². The average molecular weight is 277 g/mol. The van der Waals surface area contributed by atoms with Crippen LogP contribution < -0.4 is 5.32 Å². The number of nitrogens with zero attached hydrogens (tertiary/aromatic N) is 4. The lowest BCUT2D eigenvalue weighted by Crippen LogP contribution is -2.42. The zero-order valence-corrected chi connectivity index (χ0v) is 12.2. The number of carbonyl (C=O) groups excluding carboxylic acids is 1. The first-order valence-corrected chi connectivity index (χ1v) is 7.51. The van der Waals surface area contributed by atoms with E-state index in [0.717, 1.165) is 31.4 Å². The van der Waals surface area contributed by atoms with E-state index in [-0.39, 0.29) is 17.9 Å². The van der Waals surface area contributed by atoms with Crippen molar-refractivity contribution < 1.29 is 4.79 Å². The van der Waals surface area contributed by atoms with Crippen molar-refractivity contribution in [3.05, 3.63) is 12.2 Å². The van der Waals surface area contributed by atoms with E-state index in [1.165, 1.54) is 12.8 Å². The van der Waals surface area contributed by atoms with Gasteiger partial charge in [0.05, 0.1) is 19.0 Å². The molecule has 0 saturated heterocycles. The molecule has 1 aliphatic heterocycles. The maximum Gasteiger partial charge on any atom is 0.226 e. The van der Waals surface area contributed by atoms with Gasteiger partial charge in [-0.25, -0.2) is 9.67 Å². The predicted molar refractivity (Wildman–Crippen MR) is 74.8 cm³/mol. The molecule has 3 rings (SSSR count). The highest BCUT2D eigenvalue weighted by Gasteiger charge is 2.31. The number of hydrogen-bond acceptors (Lipinski definition) is 4. The van der Waals surface area contributed by atoms with E-state index in [0.29, 0.717) is 6.54 Å². The Morgan fingerprint density at radius 1 is 1.45 bits per heavy atom. The summed E-state index contributed by atoms with van der Waals surface area (Å²) >= 11 is 0. The van der Waals surface area contributed by atoms with Crippen LogP contribution >= 0.6 is 0 Å². The molecule has 1 N–H and O–H groups in total. The first kappa shape index (κ1) is 13.5. The molecule has 1 aromatic heterocycles. The van der Waals surface area contributed by atoms with E-state index >= 15 is 0 Å². The Morgan fingerprint density at radius 3 is 2.95 bits per heavy atom. The third-order valence-corrected chi connectivity index (χ3v) is 3.95. The standard InChI is InChI=1S/C14H23N5O/c1-10(2)17-14(20)12-6-18(5-11-3-4-11)8-13-15-9-16-19(13)7-12/h9-12H,3-8H2,1-2H3,(H,17,20)/t12-/m0/s1. The summed E-state index contributed by atoms with van der Waals surface area (Å²) in [5, 5.41) is 7.28. The maximum absolute atomic E-state index is 12.3. The molecule has 0 aromatic carbocycles. The van der Waals surface area contributed by atoms with Gasteiger partial charge in [-0.2, -0.15) is 5.10 Å². The molecule has 1 amide bonds. The second-order valence-corrected chi connectivity index (χ2v) is 6.36. The zero-order valence-electron chi connectivity index (χ0n) is 12.2. The van der Waals surface area contributed by atoms with Gasteiger partial charge in [-0.1, -0.05) is 0 Å². The van der Waals surface area contributed by atoms with Crippen LogP contribution in [0.2, 0.25) is 0 Å². The average Bonchev–Trinajstić information content (AvgIpc) is 3.11. The van der Waals surface area contributed by atoms with E-state index in [2.05, 4.69) is 20.3 Å². The summed E-state index contributed by atoms with van der Waals surface area (Å²) in [4.78, 5) is 19.0. The first-order valence-electron chi connectivity index (χ1n) is 7.51. The summed E-state index contributed by atoms with van der Waals surface area (Å²) in [6.07, 6.45) is 4.24. The van der Waals surface area contributed by atoms with Crippen molar-refractivity contribution in [3.8, 4) is 0 Å². The summed E-state index contributed by atoms with van der Waals surface area (Å²) in [6.45, 7) is 7.32. The number of rotatable bonds is 4. The Balaban J connectivity index is 1.74. The second-order valence-electron chi connectivity index (χ2n) is 6.36. The van der Waals surface area contributed by atoms with Crippen LogP contribution in [0.25, 0.3) is 0 Å². The molecule has 1 saturated carbocycles. The highest BCUT2D eigenvalue weighted by molar-refractivity contribution is 5.79. The van der Waals surface area contributed by atoms with Gasteiger partial charge >= 0.3 is 0 Å². The molecule has 0 spiro atoms. The third kappa shape index (κ3) is 3.17. The van der Waals surface area contributed by atoms with E-state index in [1.54, 1.807) is 6.33 Å². The van der Waals surface area contributed by atoms with Crippen molar-refractivity contribution in [3.63, 3.8) is 0 Å². The number of aromatic nitrogens is 3. The molecule has 6 nitrogen and oxygen atoms in total. The van der Waals surface area contributed by atoms with Gasteiger partial charge in [-0.05, 0) is 32.6 Å². The van der Waals surface area contributed by atoms with Crippen molar-refractivity contribution in [2.24, 2.45) is 11.8 Å². The predicted octanol–water partition coefficient (Wildman–Crippen LogP) is 0.644. The smallest absolute Gasteiger partial charge is 0.226 e. The topological polar surface area (TPSA) is 63.1 Å². The second kappa shape index (κ2) is 5.52. The van der Waals surface area contributed by atoms with Crippen molar-refractivity contribution in [1.82, 2.24) is 25.0 Å². The van der Waals surface area contributed by atoms with Crippen LogP contribution in [0.3, 0.4) is 0 Å². The molecule has 1 atom stereocenters. The molecule has 1 fully saturated rings. The Morgan fingerprint density at radius 2 is 2.25 bits per heavy atom. The van der Waals surface area contributed by atoms with Crippen LogP contribution in [0.15, 0.2) is 6.33 Å². The van der Waals surface area contributed by atoms with Crippen molar-refractivity contribution >= 4 is 5.91 Å². The van der Waals surface area contributed by atoms with Gasteiger partial charge in [-0.15, -0.1) is 0 Å². The molecule has 6 heteroatoms. The van der Waals surface area contributed by atoms with E-state index < -0.39 is 0 Å². The van der Waals surface area contributed by atoms with Crippen molar-refractivity contribution in [1.29, 1.82) is 0 Å². The van der Waals surface area contributed by atoms with Crippen LogP contribution in [0.1, 0.15) is 32.5 Å². The molecule has 2 aliphatic rings. The minimum Gasteiger partial charge on any atom is -0.354 e. The van der Waals surface area contributed by atoms with Gasteiger partial charge in [-0.3, -0.25) is 9.69 Å². The monoisotopic (exact) mass is 277 g/mol. The first-order chi connectivity index (χ1) is 9.61. The third-order valence-electron chi connectivity index (χ3n) is 3.95. The van der Waals surface area contributed by atoms with Crippen molar-refractivity contribution in [2.45, 2.75) is 45.8 Å². The molecule has 1 aliphatic carbocycles. The summed E-state index contributed by atoms with van der Waals surface area (Å²) in [5.41, 5.74) is 0. The van der Waals surface area contributed by atoms with Crippen LogP contribution in [0.4, 0.5) is 0 Å². The van der Waals surface area contributed by atoms with Crippen LogP contribution in [0.5, 0.6) is 0 Å². The van der Waals surface area contributed by atoms with Gasteiger partial charge in [0.2, 0.25) is 5.91 Å². The van der Waals surface area contributed by atoms with Gasteiger partial charge in [0.1, 0.15) is 12.2 Å². The zero-order chi connectivity index (χ0) is 14.1. The van der Waals surface area contributed by atoms with Gasteiger partial charge in [0, 0.05) is 19.1 Å². The normalized spacial score (nSPS) is 23.4. The molecule has 0 radical (unpaired) electrons. The molecule has 0 unspecified atom stereocenters. The molecule has 20 heavy (non-hydrogen) atoms. The molecule has 2 heterocycles. The SMILES string of the molecule is CC(C)NC(=O)[C@H]1CN(CC2CC2)Cc2ncnn2C1. The number of nitrogens with one attached hydrogen (secondary N) is 1. The lowest BCUT2D eigenvalue weighted by Gasteiger charge is -2.23. The summed E-state index contributed by atoms with van der Waals surface area (Å²) in [5.74, 6) is 1.88. The molecule has 1 aromatic rings. The van der Waals surface area contributed by atoms with E-state index in [1.807, 2.05) is 18.5 Å². The lowest BCUT2D eigenvalue weighted by atomic mass is 10.1. The largest absolute Gasteiger partial charge is 0.354 e. The number of amides is 1. The van der Waals surface area contributed by atoms with E-state index in [4.69, 9.17) is 0 Å².